The third-order valence-corrected chi connectivity index (χ3v) is 6.73. The molecule has 0 aliphatic carbocycles. The van der Waals surface area contributed by atoms with Crippen molar-refractivity contribution in [2.24, 2.45) is 5.14 Å². The van der Waals surface area contributed by atoms with E-state index in [1.807, 2.05) is 41.8 Å². The highest BCUT2D eigenvalue weighted by Gasteiger charge is 2.24. The Hall–Kier alpha value is -2.06. The van der Waals surface area contributed by atoms with Crippen molar-refractivity contribution in [3.05, 3.63) is 58.9 Å². The Morgan fingerprint density at radius 2 is 1.78 bits per heavy atom. The average molecular weight is 401 g/mol. The molecule has 1 aliphatic heterocycles. The van der Waals surface area contributed by atoms with Crippen LogP contribution in [0.2, 0.25) is 0 Å². The molecule has 0 unspecified atom stereocenters. The third kappa shape index (κ3) is 3.82. The van der Waals surface area contributed by atoms with E-state index in [0.717, 1.165) is 42.2 Å². The zero-order valence-corrected chi connectivity index (χ0v) is 16.3. The summed E-state index contributed by atoms with van der Waals surface area (Å²) in [5, 5.41) is 8.48. The van der Waals surface area contributed by atoms with Crippen LogP contribution in [0, 0.1) is 0 Å². The average Bonchev–Trinajstić information content (AvgIpc) is 3.18. The number of hydrogen-bond donors (Lipinski definition) is 1. The van der Waals surface area contributed by atoms with Gasteiger partial charge < -0.3 is 4.74 Å². The summed E-state index contributed by atoms with van der Waals surface area (Å²) in [6.07, 6.45) is 1.88. The molecule has 1 aromatic heterocycles. The molecule has 0 atom stereocenters. The van der Waals surface area contributed by atoms with E-state index in [-0.39, 0.29) is 4.90 Å². The summed E-state index contributed by atoms with van der Waals surface area (Å²) in [5.74, 6) is 0.360. The molecule has 140 valence electrons. The molecule has 0 radical (unpaired) electrons. The van der Waals surface area contributed by atoms with Gasteiger partial charge in [0.1, 0.15) is 0 Å². The normalized spacial score (nSPS) is 15.7. The lowest BCUT2D eigenvalue weighted by Crippen LogP contribution is -2.14. The van der Waals surface area contributed by atoms with Crippen LogP contribution in [0.3, 0.4) is 0 Å². The van der Waals surface area contributed by atoms with E-state index in [2.05, 4.69) is 0 Å². The van der Waals surface area contributed by atoms with Crippen LogP contribution in [0.1, 0.15) is 23.8 Å². The Balaban J connectivity index is 1.87. The molecule has 0 amide bonds. The monoisotopic (exact) mass is 400 g/mol. The summed E-state index contributed by atoms with van der Waals surface area (Å²) >= 11 is 1.57. The number of aromatic nitrogens is 1. The number of benzene rings is 2. The molecule has 0 spiro atoms. The third-order valence-electron chi connectivity index (χ3n) is 4.77. The molecule has 3 aromatic rings. The van der Waals surface area contributed by atoms with Crippen LogP contribution in [-0.4, -0.2) is 26.6 Å². The van der Waals surface area contributed by atoms with Gasteiger partial charge >= 0.3 is 0 Å². The second-order valence-corrected chi connectivity index (χ2v) is 8.97. The first-order valence-electron chi connectivity index (χ1n) is 8.79. The fourth-order valence-corrected chi connectivity index (χ4v) is 5.17. The molecule has 0 bridgehead atoms. The molecule has 4 rings (SSSR count). The maximum atomic E-state index is 12.3. The van der Waals surface area contributed by atoms with Crippen molar-refractivity contribution >= 4 is 21.4 Å². The van der Waals surface area contributed by atoms with Gasteiger partial charge in [0.05, 0.1) is 15.6 Å². The van der Waals surface area contributed by atoms with Gasteiger partial charge in [0.25, 0.3) is 0 Å². The number of ether oxygens (including phenoxy) is 1. The highest BCUT2D eigenvalue weighted by molar-refractivity contribution is 7.89. The minimum absolute atomic E-state index is 0.104. The van der Waals surface area contributed by atoms with Crippen molar-refractivity contribution in [3.63, 3.8) is 0 Å². The molecule has 2 aromatic carbocycles. The van der Waals surface area contributed by atoms with Crippen molar-refractivity contribution in [2.45, 2.75) is 23.7 Å². The Bertz CT molecular complexity index is 1040. The van der Waals surface area contributed by atoms with Gasteiger partial charge in [-0.2, -0.15) is 0 Å². The van der Waals surface area contributed by atoms with Crippen LogP contribution in [0.4, 0.5) is 0 Å². The van der Waals surface area contributed by atoms with E-state index in [0.29, 0.717) is 17.2 Å². The fourth-order valence-electron chi connectivity index (χ4n) is 3.43. The number of nitrogens with zero attached hydrogens (tertiary/aromatic N) is 1. The highest BCUT2D eigenvalue weighted by Crippen LogP contribution is 2.39. The number of sulfonamides is 1. The zero-order chi connectivity index (χ0) is 18.9. The standard InChI is InChI=1S/C20H20N2O3S2/c21-27(23,24)18-8-4-7-16(14-5-2-1-3-6-14)19(18)17-13-26-20(22-17)15-9-11-25-12-10-15/h1-8,13,15H,9-12H2,(H2,21,23,24). The summed E-state index contributed by atoms with van der Waals surface area (Å²) in [7, 11) is -3.88. The van der Waals surface area contributed by atoms with Gasteiger partial charge in [0, 0.05) is 30.1 Å². The lowest BCUT2D eigenvalue weighted by atomic mass is 9.97. The minimum atomic E-state index is -3.88. The Labute approximate surface area is 162 Å². The molecule has 5 nitrogen and oxygen atoms in total. The largest absolute Gasteiger partial charge is 0.381 e. The van der Waals surface area contributed by atoms with E-state index >= 15 is 0 Å². The first-order chi connectivity index (χ1) is 13.0. The van der Waals surface area contributed by atoms with Crippen LogP contribution >= 0.6 is 11.3 Å². The predicted molar refractivity (Wildman–Crippen MR) is 107 cm³/mol. The Morgan fingerprint density at radius 1 is 1.04 bits per heavy atom. The number of primary sulfonamides is 1. The van der Waals surface area contributed by atoms with Gasteiger partial charge in [-0.1, -0.05) is 42.5 Å². The van der Waals surface area contributed by atoms with Crippen molar-refractivity contribution < 1.29 is 13.2 Å². The molecular formula is C20H20N2O3S2. The summed E-state index contributed by atoms with van der Waals surface area (Å²) in [5.41, 5.74) is 2.97. The quantitative estimate of drug-likeness (QED) is 0.717. The minimum Gasteiger partial charge on any atom is -0.381 e. The molecule has 2 N–H and O–H groups in total. The lowest BCUT2D eigenvalue weighted by Gasteiger charge is -2.19. The zero-order valence-electron chi connectivity index (χ0n) is 14.7. The molecule has 7 heteroatoms. The summed E-state index contributed by atoms with van der Waals surface area (Å²) in [6.45, 7) is 1.48. The SMILES string of the molecule is NS(=O)(=O)c1cccc(-c2ccccc2)c1-c1csc(C2CCOCC2)n1. The molecule has 1 aliphatic rings. The molecule has 1 fully saturated rings. The van der Waals surface area contributed by atoms with Crippen molar-refractivity contribution in [1.82, 2.24) is 4.98 Å². The Morgan fingerprint density at radius 3 is 2.48 bits per heavy atom. The van der Waals surface area contributed by atoms with Crippen LogP contribution in [0.25, 0.3) is 22.4 Å². The molecular weight excluding hydrogens is 380 g/mol. The van der Waals surface area contributed by atoms with Gasteiger partial charge in [-0.25, -0.2) is 18.5 Å². The fraction of sp³-hybridized carbons (Fsp3) is 0.250. The summed E-state index contributed by atoms with van der Waals surface area (Å²) in [4.78, 5) is 4.91. The smallest absolute Gasteiger partial charge is 0.238 e. The van der Waals surface area contributed by atoms with Crippen molar-refractivity contribution in [3.8, 4) is 22.4 Å². The van der Waals surface area contributed by atoms with Gasteiger partial charge in [0.15, 0.2) is 0 Å². The van der Waals surface area contributed by atoms with E-state index in [9.17, 15) is 8.42 Å². The molecule has 27 heavy (non-hydrogen) atoms. The van der Waals surface area contributed by atoms with Crippen LogP contribution in [0.5, 0.6) is 0 Å². The predicted octanol–water partition coefficient (Wildman–Crippen LogP) is 4.02. The topological polar surface area (TPSA) is 82.3 Å². The van der Waals surface area contributed by atoms with Crippen molar-refractivity contribution in [1.29, 1.82) is 0 Å². The number of nitrogens with two attached hydrogens (primary N) is 1. The number of thiazole rings is 1. The number of hydrogen-bond acceptors (Lipinski definition) is 5. The number of rotatable bonds is 4. The van der Waals surface area contributed by atoms with E-state index < -0.39 is 10.0 Å². The summed E-state index contributed by atoms with van der Waals surface area (Å²) in [6, 6.07) is 14.9. The van der Waals surface area contributed by atoms with Crippen LogP contribution < -0.4 is 5.14 Å². The Kier molecular flexibility index (Phi) is 5.10. The van der Waals surface area contributed by atoms with Crippen LogP contribution in [-0.2, 0) is 14.8 Å². The van der Waals surface area contributed by atoms with Crippen LogP contribution in [0.15, 0.2) is 58.8 Å². The van der Waals surface area contributed by atoms with Crippen molar-refractivity contribution in [2.75, 3.05) is 13.2 Å². The second-order valence-electron chi connectivity index (χ2n) is 6.55. The highest BCUT2D eigenvalue weighted by atomic mass is 32.2. The first kappa shape index (κ1) is 18.3. The van der Waals surface area contributed by atoms with Gasteiger partial charge in [-0.3, -0.25) is 0 Å². The van der Waals surface area contributed by atoms with Gasteiger partial charge in [-0.15, -0.1) is 11.3 Å². The van der Waals surface area contributed by atoms with Gasteiger partial charge in [-0.05, 0) is 30.0 Å². The maximum Gasteiger partial charge on any atom is 0.238 e. The second kappa shape index (κ2) is 7.52. The lowest BCUT2D eigenvalue weighted by molar-refractivity contribution is 0.0853. The summed E-state index contributed by atoms with van der Waals surface area (Å²) < 4.78 is 29.9. The maximum absolute atomic E-state index is 12.3. The molecule has 1 saturated heterocycles. The first-order valence-corrected chi connectivity index (χ1v) is 11.2. The molecule has 2 heterocycles. The van der Waals surface area contributed by atoms with E-state index in [4.69, 9.17) is 14.9 Å². The van der Waals surface area contributed by atoms with Gasteiger partial charge in [0.2, 0.25) is 10.0 Å². The van der Waals surface area contributed by atoms with E-state index in [1.54, 1.807) is 23.5 Å². The van der Waals surface area contributed by atoms with E-state index in [1.165, 1.54) is 0 Å². The molecule has 0 saturated carbocycles.